The van der Waals surface area contributed by atoms with E-state index in [1.807, 2.05) is 19.1 Å². The van der Waals surface area contributed by atoms with Crippen molar-refractivity contribution in [2.75, 3.05) is 48.5 Å². The molecule has 0 saturated heterocycles. The van der Waals surface area contributed by atoms with Gasteiger partial charge in [-0.2, -0.15) is 11.3 Å². The Morgan fingerprint density at radius 3 is 2.30 bits per heavy atom. The van der Waals surface area contributed by atoms with Gasteiger partial charge in [0.05, 0.1) is 34.5 Å². The SMILES string of the molecule is C=CC1=C2/C=C(\C)Oc3c(OC)c(OC)c(COCc4ccsc4)c4c3[C@H](Cc3ccc(OC)c(c3)Oc3ccc(cc3)C[C@@H]2N(C)CC1)N(C)CC4. The van der Waals surface area contributed by atoms with Crippen LogP contribution in [0.15, 0.2) is 94.9 Å². The highest BCUT2D eigenvalue weighted by Crippen LogP contribution is 2.52. The Labute approximate surface area is 317 Å². The van der Waals surface area contributed by atoms with Crippen LogP contribution in [0, 0.1) is 0 Å². The molecule has 0 aliphatic carbocycles. The summed E-state index contributed by atoms with van der Waals surface area (Å²) in [6.45, 7) is 8.95. The molecule has 0 radical (unpaired) electrons. The topological polar surface area (TPSA) is 61.9 Å². The predicted octanol–water partition coefficient (Wildman–Crippen LogP) is 9.08. The van der Waals surface area contributed by atoms with Gasteiger partial charge in [-0.05, 0) is 127 Å². The van der Waals surface area contributed by atoms with Crippen LogP contribution >= 0.6 is 11.3 Å². The van der Waals surface area contributed by atoms with Crippen molar-refractivity contribution in [3.63, 3.8) is 0 Å². The standard InChI is InChI=1S/C44H50N2O6S/c1-8-32-15-18-45(3)37-22-29-9-12-33(13-10-29)52-40-24-30(11-14-39(40)47-5)23-38-41-34(16-19-46(38)4)36(26-50-25-31-17-20-53-27-31)42(48-6)44(49-7)43(41)51-28(2)21-35(32)37/h8-14,17,20-21,24,27,37-38H,1,15-16,18-19,22-23,25-26H2,2-7H3/b28-21+/t37-,38-/m0/s1. The quantitative estimate of drug-likeness (QED) is 0.178. The number of benzene rings is 3. The maximum Gasteiger partial charge on any atom is 0.204 e. The zero-order valence-electron chi connectivity index (χ0n) is 31.7. The van der Waals surface area contributed by atoms with Crippen molar-refractivity contribution in [2.24, 2.45) is 0 Å². The van der Waals surface area contributed by atoms with Gasteiger partial charge in [0.1, 0.15) is 11.5 Å². The molecule has 2 atom stereocenters. The lowest BCUT2D eigenvalue weighted by molar-refractivity contribution is 0.103. The number of likely N-dealkylation sites (N-methyl/N-ethyl adjacent to an activating group) is 2. The van der Waals surface area contributed by atoms with Crippen LogP contribution in [0.3, 0.4) is 0 Å². The first-order valence-electron chi connectivity index (χ1n) is 18.3. The molecule has 9 heteroatoms. The Hall–Kier alpha value is -4.54. The molecular formula is C44H50N2O6S. The summed E-state index contributed by atoms with van der Waals surface area (Å²) < 4.78 is 38.2. The van der Waals surface area contributed by atoms with E-state index in [0.29, 0.717) is 48.4 Å². The molecule has 4 aliphatic rings. The number of hydrogen-bond acceptors (Lipinski definition) is 9. The number of rotatable bonds is 8. The Bertz CT molecular complexity index is 2000. The van der Waals surface area contributed by atoms with E-state index in [1.54, 1.807) is 32.7 Å². The zero-order valence-corrected chi connectivity index (χ0v) is 32.5. The number of ether oxygens (including phenoxy) is 6. The average Bonchev–Trinajstić information content (AvgIpc) is 3.69. The Balaban J connectivity index is 1.43. The largest absolute Gasteiger partial charge is 0.493 e. The van der Waals surface area contributed by atoms with Crippen LogP contribution < -0.4 is 23.7 Å². The summed E-state index contributed by atoms with van der Waals surface area (Å²) in [5.41, 5.74) is 9.19. The minimum absolute atomic E-state index is 0.0482. The minimum Gasteiger partial charge on any atom is -0.493 e. The molecule has 0 N–H and O–H groups in total. The van der Waals surface area contributed by atoms with E-state index in [0.717, 1.165) is 66.1 Å². The van der Waals surface area contributed by atoms with Gasteiger partial charge in [0.25, 0.3) is 0 Å². The third-order valence-corrected chi connectivity index (χ3v) is 11.5. The van der Waals surface area contributed by atoms with Gasteiger partial charge >= 0.3 is 0 Å². The number of thiophene rings is 1. The van der Waals surface area contributed by atoms with E-state index in [4.69, 9.17) is 28.4 Å². The van der Waals surface area contributed by atoms with Gasteiger partial charge in [-0.1, -0.05) is 30.9 Å². The van der Waals surface area contributed by atoms with Crippen LogP contribution in [0.2, 0.25) is 0 Å². The van der Waals surface area contributed by atoms with Crippen molar-refractivity contribution in [3.05, 3.63) is 128 Å². The summed E-state index contributed by atoms with van der Waals surface area (Å²) in [4.78, 5) is 4.83. The van der Waals surface area contributed by atoms with Gasteiger partial charge < -0.3 is 28.4 Å². The van der Waals surface area contributed by atoms with E-state index in [-0.39, 0.29) is 12.1 Å². The summed E-state index contributed by atoms with van der Waals surface area (Å²) >= 11 is 1.67. The van der Waals surface area contributed by atoms with Crippen LogP contribution in [0.1, 0.15) is 52.8 Å². The van der Waals surface area contributed by atoms with E-state index in [9.17, 15) is 0 Å². The molecule has 1 aromatic heterocycles. The van der Waals surface area contributed by atoms with Crippen molar-refractivity contribution < 1.29 is 28.4 Å². The van der Waals surface area contributed by atoms with Gasteiger partial charge in [-0.25, -0.2) is 0 Å². The first kappa shape index (κ1) is 36.8. The van der Waals surface area contributed by atoms with Crippen LogP contribution in [0.25, 0.3) is 0 Å². The smallest absolute Gasteiger partial charge is 0.204 e. The molecule has 278 valence electrons. The lowest BCUT2D eigenvalue weighted by Gasteiger charge is -2.38. The van der Waals surface area contributed by atoms with Gasteiger partial charge in [-0.3, -0.25) is 9.80 Å². The fraction of sp³-hybridized carbons (Fsp3) is 0.364. The second-order valence-corrected chi connectivity index (χ2v) is 14.8. The fourth-order valence-corrected chi connectivity index (χ4v) is 8.64. The molecule has 4 bridgehead atoms. The van der Waals surface area contributed by atoms with E-state index < -0.39 is 0 Å². The van der Waals surface area contributed by atoms with Crippen LogP contribution in [0.4, 0.5) is 0 Å². The molecular weight excluding hydrogens is 685 g/mol. The molecule has 0 fully saturated rings. The van der Waals surface area contributed by atoms with Crippen molar-refractivity contribution in [2.45, 2.75) is 57.9 Å². The van der Waals surface area contributed by atoms with E-state index >= 15 is 0 Å². The Morgan fingerprint density at radius 1 is 0.849 bits per heavy atom. The fourth-order valence-electron chi connectivity index (χ4n) is 7.99. The van der Waals surface area contributed by atoms with Crippen molar-refractivity contribution in [1.82, 2.24) is 9.80 Å². The highest BCUT2D eigenvalue weighted by atomic mass is 32.1. The third kappa shape index (κ3) is 7.62. The Kier molecular flexibility index (Phi) is 11.3. The second-order valence-electron chi connectivity index (χ2n) is 14.1. The summed E-state index contributed by atoms with van der Waals surface area (Å²) in [5.74, 6) is 4.78. The number of hydrogen-bond donors (Lipinski definition) is 0. The van der Waals surface area contributed by atoms with Gasteiger partial charge in [0.2, 0.25) is 5.75 Å². The summed E-state index contributed by atoms with van der Waals surface area (Å²) in [6.07, 6.45) is 7.46. The maximum absolute atomic E-state index is 7.07. The lowest BCUT2D eigenvalue weighted by Crippen LogP contribution is -2.39. The normalized spacial score (nSPS) is 20.2. The third-order valence-electron chi connectivity index (χ3n) is 10.8. The summed E-state index contributed by atoms with van der Waals surface area (Å²) in [5, 5.41) is 4.20. The molecule has 4 aromatic rings. The van der Waals surface area contributed by atoms with Crippen LogP contribution in [-0.2, 0) is 37.2 Å². The van der Waals surface area contributed by atoms with Gasteiger partial charge in [-0.15, -0.1) is 0 Å². The molecule has 0 spiro atoms. The molecule has 3 aromatic carbocycles. The number of methoxy groups -OCH3 is 3. The maximum atomic E-state index is 7.07. The summed E-state index contributed by atoms with van der Waals surface area (Å²) in [7, 11) is 9.45. The van der Waals surface area contributed by atoms with Crippen LogP contribution in [0.5, 0.6) is 34.5 Å². The molecule has 53 heavy (non-hydrogen) atoms. The zero-order chi connectivity index (χ0) is 37.1. The minimum atomic E-state index is -0.0482. The van der Waals surface area contributed by atoms with Crippen LogP contribution in [-0.4, -0.2) is 64.4 Å². The first-order chi connectivity index (χ1) is 25.8. The number of nitrogens with zero attached hydrogens (tertiary/aromatic N) is 2. The predicted molar refractivity (Wildman–Crippen MR) is 211 cm³/mol. The molecule has 5 heterocycles. The molecule has 0 saturated carbocycles. The lowest BCUT2D eigenvalue weighted by atomic mass is 9.84. The monoisotopic (exact) mass is 734 g/mol. The van der Waals surface area contributed by atoms with Crippen molar-refractivity contribution in [3.8, 4) is 34.5 Å². The molecule has 4 aliphatic heterocycles. The highest BCUT2D eigenvalue weighted by molar-refractivity contribution is 7.07. The average molecular weight is 735 g/mol. The molecule has 0 unspecified atom stereocenters. The molecule has 8 nitrogen and oxygen atoms in total. The molecule has 8 rings (SSSR count). The van der Waals surface area contributed by atoms with Gasteiger partial charge in [0.15, 0.2) is 23.0 Å². The van der Waals surface area contributed by atoms with E-state index in [2.05, 4.69) is 89.8 Å². The number of allylic oxidation sites excluding steroid dienone is 2. The van der Waals surface area contributed by atoms with Crippen molar-refractivity contribution >= 4 is 11.3 Å². The second kappa shape index (κ2) is 16.2. The Morgan fingerprint density at radius 2 is 1.58 bits per heavy atom. The number of fused-ring (bicyclic) bond motifs is 3. The van der Waals surface area contributed by atoms with Gasteiger partial charge in [0, 0.05) is 36.3 Å². The van der Waals surface area contributed by atoms with Crippen molar-refractivity contribution in [1.29, 1.82) is 0 Å². The summed E-state index contributed by atoms with van der Waals surface area (Å²) in [6, 6.07) is 16.8. The van der Waals surface area contributed by atoms with E-state index in [1.165, 1.54) is 22.3 Å². The highest BCUT2D eigenvalue weighted by Gasteiger charge is 2.36. The first-order valence-corrected chi connectivity index (χ1v) is 19.2. The molecule has 0 amide bonds.